The second-order valence-corrected chi connectivity index (χ2v) is 4.90. The third-order valence-corrected chi connectivity index (χ3v) is 3.79. The fraction of sp³-hybridized carbons (Fsp3) is 0.769. The van der Waals surface area contributed by atoms with Crippen molar-refractivity contribution in [2.45, 2.75) is 39.0 Å². The van der Waals surface area contributed by atoms with Gasteiger partial charge in [-0.2, -0.15) is 0 Å². The molecule has 1 saturated heterocycles. The summed E-state index contributed by atoms with van der Waals surface area (Å²) in [5.74, 6) is 1.24. The van der Waals surface area contributed by atoms with Gasteiger partial charge in [0, 0.05) is 5.92 Å². The maximum Gasteiger partial charge on any atom is 0.161 e. The van der Waals surface area contributed by atoms with Crippen LogP contribution in [0.1, 0.15) is 39.0 Å². The SMILES string of the molecule is CC(C(=O)C1=CCCCCC1)C1CNC1. The van der Waals surface area contributed by atoms with Crippen molar-refractivity contribution < 1.29 is 4.79 Å². The van der Waals surface area contributed by atoms with Crippen molar-refractivity contribution in [3.63, 3.8) is 0 Å². The van der Waals surface area contributed by atoms with E-state index in [1.165, 1.54) is 19.3 Å². The van der Waals surface area contributed by atoms with E-state index in [-0.39, 0.29) is 5.92 Å². The average Bonchev–Trinajstić information content (AvgIpc) is 2.41. The zero-order valence-electron chi connectivity index (χ0n) is 9.59. The number of carbonyl (C=O) groups is 1. The summed E-state index contributed by atoms with van der Waals surface area (Å²) in [6.07, 6.45) is 8.06. The minimum atomic E-state index is 0.232. The maximum absolute atomic E-state index is 12.2. The van der Waals surface area contributed by atoms with E-state index in [9.17, 15) is 4.79 Å². The van der Waals surface area contributed by atoms with Gasteiger partial charge in [0.05, 0.1) is 0 Å². The molecule has 0 radical (unpaired) electrons. The van der Waals surface area contributed by atoms with Crippen molar-refractivity contribution in [2.24, 2.45) is 11.8 Å². The molecule has 1 N–H and O–H groups in total. The second kappa shape index (κ2) is 4.93. The highest BCUT2D eigenvalue weighted by Crippen LogP contribution is 2.25. The molecule has 0 amide bonds. The van der Waals surface area contributed by atoms with Crippen LogP contribution in [0.2, 0.25) is 0 Å². The molecule has 0 aromatic rings. The van der Waals surface area contributed by atoms with Crippen LogP contribution in [0.15, 0.2) is 11.6 Å². The largest absolute Gasteiger partial charge is 0.316 e. The number of rotatable bonds is 3. The van der Waals surface area contributed by atoms with E-state index in [0.717, 1.165) is 31.5 Å². The predicted molar refractivity (Wildman–Crippen MR) is 61.7 cm³/mol. The Morgan fingerprint density at radius 2 is 2.20 bits per heavy atom. The topological polar surface area (TPSA) is 29.1 Å². The number of ketones is 1. The summed E-state index contributed by atoms with van der Waals surface area (Å²) in [5.41, 5.74) is 1.12. The van der Waals surface area contributed by atoms with Crippen molar-refractivity contribution in [1.82, 2.24) is 5.32 Å². The van der Waals surface area contributed by atoms with Crippen LogP contribution in [0.5, 0.6) is 0 Å². The molecule has 2 aliphatic rings. The molecule has 1 fully saturated rings. The van der Waals surface area contributed by atoms with Crippen molar-refractivity contribution in [1.29, 1.82) is 0 Å². The molecule has 0 spiro atoms. The fourth-order valence-electron chi connectivity index (χ4n) is 2.41. The van der Waals surface area contributed by atoms with Crippen molar-refractivity contribution in [3.05, 3.63) is 11.6 Å². The summed E-state index contributed by atoms with van der Waals surface area (Å²) in [4.78, 5) is 12.2. The first kappa shape index (κ1) is 10.9. The summed E-state index contributed by atoms with van der Waals surface area (Å²) in [5, 5.41) is 3.24. The number of nitrogens with one attached hydrogen (secondary N) is 1. The normalized spacial score (nSPS) is 25.0. The summed E-state index contributed by atoms with van der Waals surface area (Å²) in [7, 11) is 0. The summed E-state index contributed by atoms with van der Waals surface area (Å²) >= 11 is 0. The molecule has 1 unspecified atom stereocenters. The first-order valence-electron chi connectivity index (χ1n) is 6.23. The smallest absolute Gasteiger partial charge is 0.161 e. The average molecular weight is 207 g/mol. The van der Waals surface area contributed by atoms with Crippen molar-refractivity contribution in [2.75, 3.05) is 13.1 Å². The minimum Gasteiger partial charge on any atom is -0.316 e. The second-order valence-electron chi connectivity index (χ2n) is 4.90. The Kier molecular flexibility index (Phi) is 3.57. The van der Waals surface area contributed by atoms with Crippen LogP contribution in [0.4, 0.5) is 0 Å². The molecule has 2 rings (SSSR count). The zero-order chi connectivity index (χ0) is 10.7. The van der Waals surface area contributed by atoms with E-state index in [1.54, 1.807) is 0 Å². The molecule has 1 atom stereocenters. The van der Waals surface area contributed by atoms with Crippen molar-refractivity contribution in [3.8, 4) is 0 Å². The monoisotopic (exact) mass is 207 g/mol. The maximum atomic E-state index is 12.2. The summed E-state index contributed by atoms with van der Waals surface area (Å²) < 4.78 is 0. The van der Waals surface area contributed by atoms with Crippen LogP contribution in [-0.4, -0.2) is 18.9 Å². The number of hydrogen-bond acceptors (Lipinski definition) is 2. The number of hydrogen-bond donors (Lipinski definition) is 1. The quantitative estimate of drug-likeness (QED) is 0.769. The molecule has 84 valence electrons. The molecule has 15 heavy (non-hydrogen) atoms. The van der Waals surface area contributed by atoms with Crippen LogP contribution in [0, 0.1) is 11.8 Å². The predicted octanol–water partition coefficient (Wildman–Crippen LogP) is 2.30. The molecule has 1 aliphatic carbocycles. The van der Waals surface area contributed by atoms with E-state index >= 15 is 0 Å². The molecule has 1 aliphatic heterocycles. The van der Waals surface area contributed by atoms with Gasteiger partial charge in [-0.15, -0.1) is 0 Å². The number of carbonyl (C=O) groups excluding carboxylic acids is 1. The van der Waals surface area contributed by atoms with Gasteiger partial charge in [-0.3, -0.25) is 4.79 Å². The van der Waals surface area contributed by atoms with Gasteiger partial charge in [0.25, 0.3) is 0 Å². The lowest BCUT2D eigenvalue weighted by Crippen LogP contribution is -2.47. The Morgan fingerprint density at radius 1 is 1.40 bits per heavy atom. The van der Waals surface area contributed by atoms with Gasteiger partial charge in [0.15, 0.2) is 5.78 Å². The van der Waals surface area contributed by atoms with Crippen LogP contribution >= 0.6 is 0 Å². The van der Waals surface area contributed by atoms with Crippen molar-refractivity contribution >= 4 is 5.78 Å². The Bertz CT molecular complexity index is 266. The summed E-state index contributed by atoms with van der Waals surface area (Å²) in [6, 6.07) is 0. The highest BCUT2D eigenvalue weighted by Gasteiger charge is 2.30. The van der Waals surface area contributed by atoms with E-state index in [0.29, 0.717) is 11.7 Å². The van der Waals surface area contributed by atoms with Gasteiger partial charge < -0.3 is 5.32 Å². The molecule has 2 heteroatoms. The summed E-state index contributed by atoms with van der Waals surface area (Å²) in [6.45, 7) is 4.15. The molecule has 0 aromatic carbocycles. The molecule has 0 bridgehead atoms. The van der Waals surface area contributed by atoms with E-state index in [4.69, 9.17) is 0 Å². The molecule has 2 nitrogen and oxygen atoms in total. The Hall–Kier alpha value is -0.630. The molecule has 0 saturated carbocycles. The van der Waals surface area contributed by atoms with Gasteiger partial charge in [0.1, 0.15) is 0 Å². The number of Topliss-reactive ketones (excluding diaryl/α,β-unsaturated/α-hetero) is 1. The first-order chi connectivity index (χ1) is 7.29. The number of allylic oxidation sites excluding steroid dienone is 2. The van der Waals surface area contributed by atoms with Gasteiger partial charge in [-0.25, -0.2) is 0 Å². The Morgan fingerprint density at radius 3 is 2.87 bits per heavy atom. The van der Waals surface area contributed by atoms with E-state index < -0.39 is 0 Å². The van der Waals surface area contributed by atoms with Gasteiger partial charge in [-0.05, 0) is 50.3 Å². The lowest BCUT2D eigenvalue weighted by molar-refractivity contribution is -0.121. The Balaban J connectivity index is 1.95. The molecule has 0 aromatic heterocycles. The minimum absolute atomic E-state index is 0.232. The fourth-order valence-corrected chi connectivity index (χ4v) is 2.41. The standard InChI is InChI=1S/C13H21NO/c1-10(12-8-14-9-12)13(15)11-6-4-2-3-5-7-11/h6,10,12,14H,2-5,7-9H2,1H3. The molecule has 1 heterocycles. The van der Waals surface area contributed by atoms with Crippen LogP contribution < -0.4 is 5.32 Å². The highest BCUT2D eigenvalue weighted by molar-refractivity contribution is 5.97. The molecular formula is C13H21NO. The van der Waals surface area contributed by atoms with Crippen LogP contribution in [0.3, 0.4) is 0 Å². The van der Waals surface area contributed by atoms with Crippen LogP contribution in [-0.2, 0) is 4.79 Å². The lowest BCUT2D eigenvalue weighted by Gasteiger charge is -2.32. The molecular weight excluding hydrogens is 186 g/mol. The highest BCUT2D eigenvalue weighted by atomic mass is 16.1. The first-order valence-corrected chi connectivity index (χ1v) is 6.23. The Labute approximate surface area is 92.1 Å². The third kappa shape index (κ3) is 2.49. The van der Waals surface area contributed by atoms with Gasteiger partial charge in [0.2, 0.25) is 0 Å². The third-order valence-electron chi connectivity index (χ3n) is 3.79. The van der Waals surface area contributed by atoms with E-state index in [2.05, 4.69) is 18.3 Å². The van der Waals surface area contributed by atoms with Crippen LogP contribution in [0.25, 0.3) is 0 Å². The zero-order valence-corrected chi connectivity index (χ0v) is 9.59. The van der Waals surface area contributed by atoms with Gasteiger partial charge in [-0.1, -0.05) is 19.4 Å². The van der Waals surface area contributed by atoms with Gasteiger partial charge >= 0.3 is 0 Å². The van der Waals surface area contributed by atoms with E-state index in [1.807, 2.05) is 0 Å². The lowest BCUT2D eigenvalue weighted by atomic mass is 9.82.